The van der Waals surface area contributed by atoms with Crippen molar-refractivity contribution in [1.29, 1.82) is 0 Å². The lowest BCUT2D eigenvalue weighted by molar-refractivity contribution is 0.747. The molecule has 2 heteroatoms. The standard InChI is InChI=1S/C4H10NP/c1-2-4-6-5-3-1/h5-6H,1-4H2. The molecule has 1 unspecified atom stereocenters. The van der Waals surface area contributed by atoms with Crippen LogP contribution in [0.3, 0.4) is 0 Å². The van der Waals surface area contributed by atoms with Crippen molar-refractivity contribution >= 4 is 8.73 Å². The average molecular weight is 103 g/mol. The molecule has 0 spiro atoms. The van der Waals surface area contributed by atoms with Crippen LogP contribution in [0.15, 0.2) is 0 Å². The molecular formula is C4H10NP. The maximum absolute atomic E-state index is 3.31. The molecule has 0 radical (unpaired) electrons. The van der Waals surface area contributed by atoms with Gasteiger partial charge < -0.3 is 0 Å². The lowest BCUT2D eigenvalue weighted by Crippen LogP contribution is -2.09. The van der Waals surface area contributed by atoms with Gasteiger partial charge in [0.05, 0.1) is 0 Å². The molecular weight excluding hydrogens is 93.0 g/mol. The third-order valence-electron chi connectivity index (χ3n) is 0.979. The monoisotopic (exact) mass is 103 g/mol. The second kappa shape index (κ2) is 2.54. The minimum absolute atomic E-state index is 1.05. The molecule has 1 nitrogen and oxygen atoms in total. The van der Waals surface area contributed by atoms with E-state index >= 15 is 0 Å². The molecule has 0 aromatic carbocycles. The van der Waals surface area contributed by atoms with Crippen molar-refractivity contribution in [3.8, 4) is 0 Å². The van der Waals surface area contributed by atoms with Crippen LogP contribution in [0.1, 0.15) is 12.8 Å². The Kier molecular flexibility index (Phi) is 1.93. The van der Waals surface area contributed by atoms with Gasteiger partial charge in [0.15, 0.2) is 0 Å². The van der Waals surface area contributed by atoms with Crippen molar-refractivity contribution in [2.75, 3.05) is 12.7 Å². The largest absolute Gasteiger partial charge is 0.298 e. The van der Waals surface area contributed by atoms with Gasteiger partial charge in [0.1, 0.15) is 0 Å². The maximum Gasteiger partial charge on any atom is -0.00120 e. The molecule has 36 valence electrons. The van der Waals surface area contributed by atoms with E-state index in [1.165, 1.54) is 25.5 Å². The SMILES string of the molecule is C1CCPNC1. The van der Waals surface area contributed by atoms with Crippen LogP contribution in [0.4, 0.5) is 0 Å². The van der Waals surface area contributed by atoms with Gasteiger partial charge in [-0.2, -0.15) is 0 Å². The molecule has 1 aliphatic rings. The smallest absolute Gasteiger partial charge is 0.00120 e. The van der Waals surface area contributed by atoms with E-state index in [1.54, 1.807) is 0 Å². The molecule has 1 rings (SSSR count). The van der Waals surface area contributed by atoms with E-state index in [-0.39, 0.29) is 0 Å². The highest BCUT2D eigenvalue weighted by molar-refractivity contribution is 7.35. The first-order chi connectivity index (χ1) is 3.00. The van der Waals surface area contributed by atoms with E-state index in [9.17, 15) is 0 Å². The molecule has 0 saturated carbocycles. The molecule has 1 heterocycles. The lowest BCUT2D eigenvalue weighted by atomic mass is 10.3. The van der Waals surface area contributed by atoms with Gasteiger partial charge in [-0.25, -0.2) is 0 Å². The van der Waals surface area contributed by atoms with E-state index in [1.807, 2.05) is 0 Å². The molecule has 0 aromatic rings. The molecule has 0 bridgehead atoms. The second-order valence-corrected chi connectivity index (χ2v) is 2.77. The average Bonchev–Trinajstić information content (AvgIpc) is 1.72. The fourth-order valence-corrected chi connectivity index (χ4v) is 1.56. The zero-order valence-electron chi connectivity index (χ0n) is 3.83. The summed E-state index contributed by atoms with van der Waals surface area (Å²) in [6, 6.07) is 0. The summed E-state index contributed by atoms with van der Waals surface area (Å²) in [7, 11) is 1.05. The van der Waals surface area contributed by atoms with Crippen molar-refractivity contribution in [3.05, 3.63) is 0 Å². The Labute approximate surface area is 40.3 Å². The fraction of sp³-hybridized carbons (Fsp3) is 1.00. The maximum atomic E-state index is 3.31. The van der Waals surface area contributed by atoms with Crippen LogP contribution in [0.25, 0.3) is 0 Å². The van der Waals surface area contributed by atoms with E-state index < -0.39 is 0 Å². The first kappa shape index (κ1) is 4.55. The van der Waals surface area contributed by atoms with Crippen molar-refractivity contribution in [3.63, 3.8) is 0 Å². The van der Waals surface area contributed by atoms with Crippen LogP contribution >= 0.6 is 8.73 Å². The highest BCUT2D eigenvalue weighted by atomic mass is 31.1. The minimum Gasteiger partial charge on any atom is -0.298 e. The number of hydrogen-bond acceptors (Lipinski definition) is 1. The zero-order valence-corrected chi connectivity index (χ0v) is 4.83. The Morgan fingerprint density at radius 3 is 2.50 bits per heavy atom. The number of nitrogens with one attached hydrogen (secondary N) is 1. The van der Waals surface area contributed by atoms with Gasteiger partial charge in [-0.05, 0) is 25.5 Å². The molecule has 6 heavy (non-hydrogen) atoms. The van der Waals surface area contributed by atoms with E-state index in [0.717, 1.165) is 8.73 Å². The summed E-state index contributed by atoms with van der Waals surface area (Å²) >= 11 is 0. The highest BCUT2D eigenvalue weighted by Gasteiger charge is 1.93. The van der Waals surface area contributed by atoms with Crippen molar-refractivity contribution in [1.82, 2.24) is 5.09 Å². The van der Waals surface area contributed by atoms with Crippen molar-refractivity contribution in [2.24, 2.45) is 0 Å². The van der Waals surface area contributed by atoms with Crippen LogP contribution in [-0.2, 0) is 0 Å². The molecule has 1 N–H and O–H groups in total. The first-order valence-electron chi connectivity index (χ1n) is 2.46. The van der Waals surface area contributed by atoms with Crippen LogP contribution in [0.5, 0.6) is 0 Å². The van der Waals surface area contributed by atoms with Crippen LogP contribution in [0, 0.1) is 0 Å². The van der Waals surface area contributed by atoms with E-state index in [4.69, 9.17) is 0 Å². The summed E-state index contributed by atoms with van der Waals surface area (Å²) in [5, 5.41) is 3.31. The summed E-state index contributed by atoms with van der Waals surface area (Å²) in [5.41, 5.74) is 0. The third-order valence-corrected chi connectivity index (χ3v) is 2.08. The summed E-state index contributed by atoms with van der Waals surface area (Å²) in [6.45, 7) is 1.26. The first-order valence-corrected chi connectivity index (χ1v) is 3.66. The zero-order chi connectivity index (χ0) is 4.24. The van der Waals surface area contributed by atoms with Gasteiger partial charge in [-0.3, -0.25) is 5.09 Å². The summed E-state index contributed by atoms with van der Waals surface area (Å²) in [4.78, 5) is 0. The van der Waals surface area contributed by atoms with E-state index in [0.29, 0.717) is 0 Å². The summed E-state index contributed by atoms with van der Waals surface area (Å²) in [6.07, 6.45) is 4.26. The summed E-state index contributed by atoms with van der Waals surface area (Å²) in [5.74, 6) is 0. The predicted octanol–water partition coefficient (Wildman–Crippen LogP) is 0.963. The van der Waals surface area contributed by atoms with Gasteiger partial charge in [0.25, 0.3) is 0 Å². The number of rotatable bonds is 0. The van der Waals surface area contributed by atoms with Crippen LogP contribution < -0.4 is 5.09 Å². The lowest BCUT2D eigenvalue weighted by Gasteiger charge is -2.08. The van der Waals surface area contributed by atoms with Crippen molar-refractivity contribution < 1.29 is 0 Å². The molecule has 1 fully saturated rings. The normalized spacial score (nSPS) is 28.0. The van der Waals surface area contributed by atoms with Gasteiger partial charge >= 0.3 is 0 Å². The Bertz CT molecular complexity index is 23.0. The number of hydrogen-bond donors (Lipinski definition) is 1. The quantitative estimate of drug-likeness (QED) is 0.450. The Morgan fingerprint density at radius 2 is 2.33 bits per heavy atom. The Balaban J connectivity index is 2.00. The van der Waals surface area contributed by atoms with Gasteiger partial charge in [0.2, 0.25) is 0 Å². The third kappa shape index (κ3) is 1.24. The molecule has 0 aromatic heterocycles. The Morgan fingerprint density at radius 1 is 1.33 bits per heavy atom. The molecule has 1 saturated heterocycles. The topological polar surface area (TPSA) is 12.0 Å². The van der Waals surface area contributed by atoms with Crippen molar-refractivity contribution in [2.45, 2.75) is 12.8 Å². The molecule has 1 aliphatic heterocycles. The highest BCUT2D eigenvalue weighted by Crippen LogP contribution is 2.11. The summed E-state index contributed by atoms with van der Waals surface area (Å²) < 4.78 is 0. The van der Waals surface area contributed by atoms with Gasteiger partial charge in [0, 0.05) is 0 Å². The molecule has 0 aliphatic carbocycles. The van der Waals surface area contributed by atoms with Gasteiger partial charge in [-0.1, -0.05) is 8.73 Å². The predicted molar refractivity (Wildman–Crippen MR) is 30.4 cm³/mol. The molecule has 0 amide bonds. The van der Waals surface area contributed by atoms with Gasteiger partial charge in [-0.15, -0.1) is 0 Å². The second-order valence-electron chi connectivity index (χ2n) is 1.56. The fourth-order valence-electron chi connectivity index (χ4n) is 0.604. The van der Waals surface area contributed by atoms with Crippen LogP contribution in [-0.4, -0.2) is 12.7 Å². The Hall–Kier alpha value is 0.390. The molecule has 1 atom stereocenters. The van der Waals surface area contributed by atoms with Crippen LogP contribution in [0.2, 0.25) is 0 Å². The minimum atomic E-state index is 1.05. The van der Waals surface area contributed by atoms with E-state index in [2.05, 4.69) is 5.09 Å².